The molecule has 3 rings (SSSR count). The first-order valence-electron chi connectivity index (χ1n) is 9.76. The number of carbonyl (C=O) groups is 2. The number of ether oxygens (including phenoxy) is 1. The van der Waals surface area contributed by atoms with Crippen LogP contribution in [0.1, 0.15) is 31.3 Å². The largest absolute Gasteiger partial charge is 0.497 e. The van der Waals surface area contributed by atoms with Crippen molar-refractivity contribution in [1.29, 1.82) is 0 Å². The second kappa shape index (κ2) is 9.04. The summed E-state index contributed by atoms with van der Waals surface area (Å²) in [6.07, 6.45) is 0. The van der Waals surface area contributed by atoms with Gasteiger partial charge in [0.1, 0.15) is 5.75 Å². The number of carbonyl (C=O) groups excluding carboxylic acids is 2. The van der Waals surface area contributed by atoms with E-state index in [9.17, 15) is 9.59 Å². The molecule has 2 heterocycles. The zero-order chi connectivity index (χ0) is 21.0. The van der Waals surface area contributed by atoms with Gasteiger partial charge in [0.25, 0.3) is 0 Å². The molecule has 0 aliphatic carbocycles. The van der Waals surface area contributed by atoms with Gasteiger partial charge in [-0.25, -0.2) is 0 Å². The van der Waals surface area contributed by atoms with Crippen molar-refractivity contribution in [3.8, 4) is 11.4 Å². The van der Waals surface area contributed by atoms with Crippen molar-refractivity contribution in [2.45, 2.75) is 26.8 Å². The zero-order valence-corrected chi connectivity index (χ0v) is 17.4. The Kier molecular flexibility index (Phi) is 6.48. The van der Waals surface area contributed by atoms with Gasteiger partial charge in [-0.1, -0.05) is 5.21 Å². The molecule has 0 radical (unpaired) electrons. The molecule has 0 spiro atoms. The van der Waals surface area contributed by atoms with Gasteiger partial charge in [-0.05, 0) is 38.1 Å². The molecule has 1 N–H and O–H groups in total. The van der Waals surface area contributed by atoms with Crippen LogP contribution in [0.5, 0.6) is 5.75 Å². The van der Waals surface area contributed by atoms with E-state index in [0.29, 0.717) is 31.1 Å². The lowest BCUT2D eigenvalue weighted by atomic mass is 10.2. The summed E-state index contributed by atoms with van der Waals surface area (Å²) >= 11 is 0. The highest BCUT2D eigenvalue weighted by Crippen LogP contribution is 2.25. The molecule has 156 valence electrons. The van der Waals surface area contributed by atoms with Gasteiger partial charge in [0.15, 0.2) is 17.3 Å². The van der Waals surface area contributed by atoms with Crippen molar-refractivity contribution in [2.75, 3.05) is 44.7 Å². The van der Waals surface area contributed by atoms with Crippen molar-refractivity contribution in [1.82, 2.24) is 25.2 Å². The molecule has 1 fully saturated rings. The van der Waals surface area contributed by atoms with Crippen molar-refractivity contribution in [3.63, 3.8) is 0 Å². The molecule has 1 aromatic carbocycles. The van der Waals surface area contributed by atoms with Crippen LogP contribution in [0.2, 0.25) is 0 Å². The quantitative estimate of drug-likeness (QED) is 0.697. The molecule has 0 saturated carbocycles. The number of hydrogen-bond acceptors (Lipinski definition) is 7. The molecule has 0 unspecified atom stereocenters. The lowest BCUT2D eigenvalue weighted by Crippen LogP contribution is -2.50. The number of ketones is 1. The van der Waals surface area contributed by atoms with Crippen LogP contribution in [-0.4, -0.2) is 77.5 Å². The normalized spacial score (nSPS) is 14.9. The van der Waals surface area contributed by atoms with Gasteiger partial charge < -0.3 is 15.0 Å². The molecule has 1 amide bonds. The minimum absolute atomic E-state index is 0.0304. The summed E-state index contributed by atoms with van der Waals surface area (Å²) in [5.74, 6) is 1.34. The molecule has 1 aliphatic heterocycles. The van der Waals surface area contributed by atoms with Gasteiger partial charge in [-0.15, -0.1) is 5.10 Å². The molecule has 2 aromatic rings. The van der Waals surface area contributed by atoms with Gasteiger partial charge in [-0.2, -0.15) is 4.68 Å². The standard InChI is InChI=1S/C20H28N6O3/c1-14(2)21-18(28)13-24-9-11-25(12-10-24)20-19(15(3)27)22-23-26(20)16-5-7-17(29-4)8-6-16/h5-8,14H,9-13H2,1-4H3,(H,21,28). The van der Waals surface area contributed by atoms with Gasteiger partial charge in [-0.3, -0.25) is 14.5 Å². The summed E-state index contributed by atoms with van der Waals surface area (Å²) in [4.78, 5) is 28.4. The highest BCUT2D eigenvalue weighted by atomic mass is 16.5. The number of benzene rings is 1. The molecule has 1 aromatic heterocycles. The molecule has 9 heteroatoms. The summed E-state index contributed by atoms with van der Waals surface area (Å²) in [5, 5.41) is 11.3. The Balaban J connectivity index is 1.77. The number of methoxy groups -OCH3 is 1. The SMILES string of the molecule is COc1ccc(-n2nnc(C(C)=O)c2N2CCN(CC(=O)NC(C)C)CC2)cc1. The first-order valence-corrected chi connectivity index (χ1v) is 9.76. The highest BCUT2D eigenvalue weighted by molar-refractivity contribution is 5.97. The average molecular weight is 400 g/mol. The number of piperazine rings is 1. The fraction of sp³-hybridized carbons (Fsp3) is 0.500. The van der Waals surface area contributed by atoms with E-state index in [2.05, 4.69) is 25.4 Å². The Labute approximate surface area is 170 Å². The molecule has 0 bridgehead atoms. The summed E-state index contributed by atoms with van der Waals surface area (Å²) < 4.78 is 6.91. The Morgan fingerprint density at radius 1 is 1.14 bits per heavy atom. The zero-order valence-electron chi connectivity index (χ0n) is 17.4. The minimum Gasteiger partial charge on any atom is -0.497 e. The second-order valence-electron chi connectivity index (χ2n) is 7.41. The van der Waals surface area contributed by atoms with Crippen LogP contribution in [0.3, 0.4) is 0 Å². The fourth-order valence-electron chi connectivity index (χ4n) is 3.37. The lowest BCUT2D eigenvalue weighted by Gasteiger charge is -2.35. The molecule has 0 atom stereocenters. The minimum atomic E-state index is -0.126. The van der Waals surface area contributed by atoms with E-state index < -0.39 is 0 Å². The molecular formula is C20H28N6O3. The van der Waals surface area contributed by atoms with E-state index in [1.807, 2.05) is 38.1 Å². The van der Waals surface area contributed by atoms with Crippen LogP contribution in [0.25, 0.3) is 5.69 Å². The number of rotatable bonds is 7. The number of nitrogens with one attached hydrogen (secondary N) is 1. The average Bonchev–Trinajstić information content (AvgIpc) is 3.13. The summed E-state index contributed by atoms with van der Waals surface area (Å²) in [7, 11) is 1.62. The molecule has 1 saturated heterocycles. The van der Waals surface area contributed by atoms with Crippen molar-refractivity contribution < 1.29 is 14.3 Å². The van der Waals surface area contributed by atoms with E-state index in [-0.39, 0.29) is 17.7 Å². The van der Waals surface area contributed by atoms with E-state index in [1.54, 1.807) is 11.8 Å². The van der Waals surface area contributed by atoms with Gasteiger partial charge >= 0.3 is 0 Å². The third-order valence-corrected chi connectivity index (χ3v) is 4.79. The maximum atomic E-state index is 12.1. The number of aromatic nitrogens is 3. The Morgan fingerprint density at radius 3 is 2.34 bits per heavy atom. The molecular weight excluding hydrogens is 372 g/mol. The summed E-state index contributed by atoms with van der Waals surface area (Å²) in [6, 6.07) is 7.59. The van der Waals surface area contributed by atoms with Crippen molar-refractivity contribution in [3.05, 3.63) is 30.0 Å². The van der Waals surface area contributed by atoms with Crippen LogP contribution < -0.4 is 15.0 Å². The molecule has 29 heavy (non-hydrogen) atoms. The summed E-state index contributed by atoms with van der Waals surface area (Å²) in [6.45, 7) is 8.57. The Morgan fingerprint density at radius 2 is 1.79 bits per heavy atom. The smallest absolute Gasteiger partial charge is 0.234 e. The van der Waals surface area contributed by atoms with Crippen molar-refractivity contribution in [2.24, 2.45) is 0 Å². The predicted octanol–water partition coefficient (Wildman–Crippen LogP) is 1.13. The lowest BCUT2D eigenvalue weighted by molar-refractivity contribution is -0.122. The van der Waals surface area contributed by atoms with Gasteiger partial charge in [0.05, 0.1) is 19.3 Å². The number of hydrogen-bond donors (Lipinski definition) is 1. The maximum Gasteiger partial charge on any atom is 0.234 e. The number of anilines is 1. The van der Waals surface area contributed by atoms with Crippen LogP contribution in [0.15, 0.2) is 24.3 Å². The van der Waals surface area contributed by atoms with E-state index in [0.717, 1.165) is 24.5 Å². The van der Waals surface area contributed by atoms with E-state index in [4.69, 9.17) is 4.74 Å². The predicted molar refractivity (Wildman–Crippen MR) is 110 cm³/mol. The maximum absolute atomic E-state index is 12.1. The first-order chi connectivity index (χ1) is 13.9. The van der Waals surface area contributed by atoms with E-state index in [1.165, 1.54) is 6.92 Å². The van der Waals surface area contributed by atoms with Crippen molar-refractivity contribution >= 4 is 17.5 Å². The molecule has 1 aliphatic rings. The number of nitrogens with zero attached hydrogens (tertiary/aromatic N) is 5. The Hall–Kier alpha value is -2.94. The highest BCUT2D eigenvalue weighted by Gasteiger charge is 2.27. The number of amides is 1. The first kappa shape index (κ1) is 20.8. The van der Waals surface area contributed by atoms with Crippen LogP contribution in [0, 0.1) is 0 Å². The van der Waals surface area contributed by atoms with Crippen LogP contribution in [-0.2, 0) is 4.79 Å². The third kappa shape index (κ3) is 4.92. The fourth-order valence-corrected chi connectivity index (χ4v) is 3.37. The molecule has 9 nitrogen and oxygen atoms in total. The summed E-state index contributed by atoms with van der Waals surface area (Å²) in [5.41, 5.74) is 1.16. The topological polar surface area (TPSA) is 92.6 Å². The van der Waals surface area contributed by atoms with Crippen LogP contribution >= 0.6 is 0 Å². The monoisotopic (exact) mass is 400 g/mol. The van der Waals surface area contributed by atoms with Gasteiger partial charge in [0.2, 0.25) is 5.91 Å². The second-order valence-corrected chi connectivity index (χ2v) is 7.41. The third-order valence-electron chi connectivity index (χ3n) is 4.79. The number of Topliss-reactive ketones (excluding diaryl/α,β-unsaturated/α-hetero) is 1. The van der Waals surface area contributed by atoms with E-state index >= 15 is 0 Å². The Bertz CT molecular complexity index is 854. The van der Waals surface area contributed by atoms with Crippen LogP contribution in [0.4, 0.5) is 5.82 Å². The van der Waals surface area contributed by atoms with Gasteiger partial charge in [0, 0.05) is 39.1 Å².